The molecular formula is C17H29N5O8. The van der Waals surface area contributed by atoms with Crippen LogP contribution in [0.4, 0.5) is 0 Å². The first-order chi connectivity index (χ1) is 13.8. The third-order valence-electron chi connectivity index (χ3n) is 3.96. The Hall–Kier alpha value is -3.22. The summed E-state index contributed by atoms with van der Waals surface area (Å²) in [5.74, 6) is -6.65. The van der Waals surface area contributed by atoms with Crippen molar-refractivity contribution < 1.29 is 39.0 Å². The molecule has 0 saturated carbocycles. The molecule has 13 nitrogen and oxygen atoms in total. The summed E-state index contributed by atoms with van der Waals surface area (Å²) in [7, 11) is 0. The Bertz CT molecular complexity index is 679. The Morgan fingerprint density at radius 3 is 1.73 bits per heavy atom. The molecule has 0 bridgehead atoms. The van der Waals surface area contributed by atoms with Crippen LogP contribution in [0.2, 0.25) is 0 Å². The molecule has 0 aliphatic rings. The second-order valence-electron chi connectivity index (χ2n) is 7.08. The quantitative estimate of drug-likeness (QED) is 0.160. The second kappa shape index (κ2) is 12.4. The molecule has 0 aromatic carbocycles. The van der Waals surface area contributed by atoms with E-state index in [1.807, 2.05) is 0 Å². The van der Waals surface area contributed by atoms with Crippen molar-refractivity contribution in [2.75, 3.05) is 0 Å². The molecule has 0 aromatic heterocycles. The van der Waals surface area contributed by atoms with Crippen LogP contribution in [0.5, 0.6) is 0 Å². The zero-order valence-corrected chi connectivity index (χ0v) is 17.0. The number of nitrogens with one attached hydrogen (secondary N) is 3. The summed E-state index contributed by atoms with van der Waals surface area (Å²) >= 11 is 0. The van der Waals surface area contributed by atoms with E-state index in [1.165, 1.54) is 6.92 Å². The maximum absolute atomic E-state index is 12.6. The smallest absolute Gasteiger partial charge is 0.326 e. The number of carboxylic acid groups (broad SMARTS) is 2. The van der Waals surface area contributed by atoms with Gasteiger partial charge in [0.15, 0.2) is 0 Å². The van der Waals surface area contributed by atoms with Crippen LogP contribution in [0.3, 0.4) is 0 Å². The number of carboxylic acids is 2. The van der Waals surface area contributed by atoms with Gasteiger partial charge in [-0.1, -0.05) is 13.8 Å². The van der Waals surface area contributed by atoms with E-state index in [4.69, 9.17) is 16.6 Å². The molecule has 9 N–H and O–H groups in total. The van der Waals surface area contributed by atoms with Gasteiger partial charge in [0.05, 0.1) is 12.5 Å². The van der Waals surface area contributed by atoms with Crippen LogP contribution in [0.15, 0.2) is 0 Å². The van der Waals surface area contributed by atoms with E-state index in [1.54, 1.807) is 13.8 Å². The van der Waals surface area contributed by atoms with Crippen molar-refractivity contribution in [3.05, 3.63) is 0 Å². The number of amides is 4. The topological polar surface area (TPSA) is 231 Å². The maximum atomic E-state index is 12.6. The van der Waals surface area contributed by atoms with E-state index in [2.05, 4.69) is 16.0 Å². The van der Waals surface area contributed by atoms with Gasteiger partial charge in [0.25, 0.3) is 0 Å². The first-order valence-corrected chi connectivity index (χ1v) is 9.15. The molecular weight excluding hydrogens is 402 g/mol. The number of rotatable bonds is 13. The van der Waals surface area contributed by atoms with Gasteiger partial charge in [-0.15, -0.1) is 0 Å². The Morgan fingerprint density at radius 1 is 0.833 bits per heavy atom. The lowest BCUT2D eigenvalue weighted by molar-refractivity contribution is -0.143. The zero-order valence-electron chi connectivity index (χ0n) is 17.0. The minimum atomic E-state index is -1.53. The fourth-order valence-electron chi connectivity index (χ4n) is 2.29. The molecule has 170 valence electrons. The van der Waals surface area contributed by atoms with Crippen molar-refractivity contribution in [1.82, 2.24) is 16.0 Å². The number of carbonyl (C=O) groups is 6. The molecule has 0 fully saturated rings. The van der Waals surface area contributed by atoms with Gasteiger partial charge in [0, 0.05) is 6.42 Å². The number of nitrogens with two attached hydrogens (primary N) is 2. The summed E-state index contributed by atoms with van der Waals surface area (Å²) < 4.78 is 0. The van der Waals surface area contributed by atoms with E-state index >= 15 is 0 Å². The Kier molecular flexibility index (Phi) is 11.0. The van der Waals surface area contributed by atoms with E-state index < -0.39 is 78.5 Å². The molecule has 0 rings (SSSR count). The van der Waals surface area contributed by atoms with Gasteiger partial charge in [-0.3, -0.25) is 24.0 Å². The number of hydrogen-bond acceptors (Lipinski definition) is 7. The first-order valence-electron chi connectivity index (χ1n) is 9.15. The van der Waals surface area contributed by atoms with E-state index in [9.17, 15) is 33.9 Å². The molecule has 0 saturated heterocycles. The molecule has 30 heavy (non-hydrogen) atoms. The highest BCUT2D eigenvalue weighted by Crippen LogP contribution is 2.05. The molecule has 0 heterocycles. The summed E-state index contributed by atoms with van der Waals surface area (Å²) in [6.07, 6.45) is -1.43. The predicted molar refractivity (Wildman–Crippen MR) is 103 cm³/mol. The standard InChI is InChI=1S/C17H29N5O8/c1-7(2)13(17(29)30)22-16(28)10(6-11(19)23)21-15(27)9(4-5-12(24)25)20-14(26)8(3)18/h7-10,13H,4-6,18H2,1-3H3,(H2,19,23)(H,20,26)(H,21,27)(H,22,28)(H,24,25)(H,29,30). The molecule has 4 unspecified atom stereocenters. The zero-order chi connectivity index (χ0) is 23.6. The molecule has 0 radical (unpaired) electrons. The van der Waals surface area contributed by atoms with Gasteiger partial charge in [-0.25, -0.2) is 4.79 Å². The number of aliphatic carboxylic acids is 2. The summed E-state index contributed by atoms with van der Waals surface area (Å²) in [6, 6.07) is -5.17. The van der Waals surface area contributed by atoms with Crippen molar-refractivity contribution in [3.63, 3.8) is 0 Å². The summed E-state index contributed by atoms with van der Waals surface area (Å²) in [5.41, 5.74) is 10.5. The largest absolute Gasteiger partial charge is 0.481 e. The molecule has 0 aliphatic heterocycles. The lowest BCUT2D eigenvalue weighted by Gasteiger charge is -2.25. The third kappa shape index (κ3) is 9.82. The van der Waals surface area contributed by atoms with Gasteiger partial charge in [0.1, 0.15) is 18.1 Å². The van der Waals surface area contributed by atoms with Crippen molar-refractivity contribution >= 4 is 35.6 Å². The second-order valence-corrected chi connectivity index (χ2v) is 7.08. The highest BCUT2D eigenvalue weighted by molar-refractivity contribution is 5.96. The highest BCUT2D eigenvalue weighted by Gasteiger charge is 2.32. The highest BCUT2D eigenvalue weighted by atomic mass is 16.4. The van der Waals surface area contributed by atoms with Gasteiger partial charge < -0.3 is 37.6 Å². The van der Waals surface area contributed by atoms with Crippen molar-refractivity contribution in [2.45, 2.75) is 64.2 Å². The molecule has 0 spiro atoms. The Labute approximate surface area is 172 Å². The van der Waals surface area contributed by atoms with Crippen LogP contribution in [0.25, 0.3) is 0 Å². The lowest BCUT2D eigenvalue weighted by Crippen LogP contribution is -2.58. The van der Waals surface area contributed by atoms with Crippen LogP contribution < -0.4 is 27.4 Å². The maximum Gasteiger partial charge on any atom is 0.326 e. The monoisotopic (exact) mass is 431 g/mol. The minimum Gasteiger partial charge on any atom is -0.481 e. The number of carbonyl (C=O) groups excluding carboxylic acids is 4. The van der Waals surface area contributed by atoms with Crippen LogP contribution in [0, 0.1) is 5.92 Å². The lowest BCUT2D eigenvalue weighted by atomic mass is 10.0. The average molecular weight is 431 g/mol. The van der Waals surface area contributed by atoms with Gasteiger partial charge >= 0.3 is 11.9 Å². The molecule has 0 aromatic rings. The first kappa shape index (κ1) is 26.8. The number of primary amides is 1. The van der Waals surface area contributed by atoms with Gasteiger partial charge in [0.2, 0.25) is 23.6 Å². The van der Waals surface area contributed by atoms with Crippen molar-refractivity contribution in [3.8, 4) is 0 Å². The van der Waals surface area contributed by atoms with E-state index in [-0.39, 0.29) is 6.42 Å². The molecule has 4 atom stereocenters. The van der Waals surface area contributed by atoms with Crippen molar-refractivity contribution in [2.24, 2.45) is 17.4 Å². The fraction of sp³-hybridized carbons (Fsp3) is 0.647. The average Bonchev–Trinajstić information content (AvgIpc) is 2.60. The summed E-state index contributed by atoms with van der Waals surface area (Å²) in [6.45, 7) is 4.45. The number of hydrogen-bond donors (Lipinski definition) is 7. The van der Waals surface area contributed by atoms with Gasteiger partial charge in [-0.2, -0.15) is 0 Å². The normalized spacial score (nSPS) is 14.7. The van der Waals surface area contributed by atoms with Crippen LogP contribution in [0.1, 0.15) is 40.0 Å². The molecule has 4 amide bonds. The molecule has 13 heteroatoms. The van der Waals surface area contributed by atoms with E-state index in [0.29, 0.717) is 0 Å². The Balaban J connectivity index is 5.49. The van der Waals surface area contributed by atoms with Crippen LogP contribution in [-0.4, -0.2) is 69.9 Å². The molecule has 0 aliphatic carbocycles. The third-order valence-corrected chi connectivity index (χ3v) is 3.96. The Morgan fingerprint density at radius 2 is 1.33 bits per heavy atom. The summed E-state index contributed by atoms with van der Waals surface area (Å²) in [5, 5.41) is 24.7. The van der Waals surface area contributed by atoms with Crippen LogP contribution >= 0.6 is 0 Å². The van der Waals surface area contributed by atoms with E-state index in [0.717, 1.165) is 0 Å². The fourth-order valence-corrected chi connectivity index (χ4v) is 2.29. The predicted octanol–water partition coefficient (Wildman–Crippen LogP) is -2.73. The van der Waals surface area contributed by atoms with Crippen LogP contribution in [-0.2, 0) is 28.8 Å². The summed E-state index contributed by atoms with van der Waals surface area (Å²) in [4.78, 5) is 70.2. The van der Waals surface area contributed by atoms with Gasteiger partial charge in [-0.05, 0) is 19.3 Å². The van der Waals surface area contributed by atoms with Crippen molar-refractivity contribution in [1.29, 1.82) is 0 Å². The SMILES string of the molecule is CC(N)C(=O)NC(CCC(=O)O)C(=O)NC(CC(N)=O)C(=O)NC(C(=O)O)C(C)C. The minimum absolute atomic E-state index is 0.311.